The topological polar surface area (TPSA) is 75.7 Å². The number of fused-ring (bicyclic) bond motifs is 2. The molecule has 1 spiro atoms. The third kappa shape index (κ3) is 4.02. The molecule has 0 aromatic heterocycles. The summed E-state index contributed by atoms with van der Waals surface area (Å²) in [6.07, 6.45) is 2.97. The lowest BCUT2D eigenvalue weighted by Gasteiger charge is -2.46. The highest BCUT2D eigenvalue weighted by molar-refractivity contribution is 7.92. The molecule has 3 fully saturated rings. The maximum Gasteiger partial charge on any atom is 0.255 e. The molecular weight excluding hydrogens is 517 g/mol. The first-order valence-corrected chi connectivity index (χ1v) is 13.7. The highest BCUT2D eigenvalue weighted by atomic mass is 35.5. The zero-order valence-electron chi connectivity index (χ0n) is 19.7. The van der Waals surface area contributed by atoms with Crippen LogP contribution >= 0.6 is 11.6 Å². The Morgan fingerprint density at radius 2 is 1.72 bits per heavy atom. The minimum Gasteiger partial charge on any atom is -0.322 e. The standard InChI is InChI=1S/C25H26ClF3N2O4S/c1-13-12-35-31(2)25(13)10-15-3-4-16(11-25)23(15)36(33,34)21-7-14(5-6-18(21)26)24(32)30-17-8-19(27)22(29)20(28)9-17/h5-9,13,15-16,23H,3-4,10-12H2,1-2H3,(H,30,32)/t13?,15-,16?,23?,25?/m0/s1. The van der Waals surface area contributed by atoms with E-state index in [-0.39, 0.29) is 44.5 Å². The zero-order valence-corrected chi connectivity index (χ0v) is 21.3. The normalized spacial score (nSPS) is 30.2. The van der Waals surface area contributed by atoms with E-state index in [1.54, 1.807) is 0 Å². The van der Waals surface area contributed by atoms with Gasteiger partial charge in [0.2, 0.25) is 0 Å². The second-order valence-corrected chi connectivity index (χ2v) is 12.6. The number of hydrogen-bond acceptors (Lipinski definition) is 5. The van der Waals surface area contributed by atoms with Crippen LogP contribution in [0.4, 0.5) is 18.9 Å². The Hall–Kier alpha value is -2.14. The fraction of sp³-hybridized carbons (Fsp3) is 0.480. The first kappa shape index (κ1) is 25.5. The largest absolute Gasteiger partial charge is 0.322 e. The van der Waals surface area contributed by atoms with Crippen LogP contribution in [0.15, 0.2) is 35.2 Å². The summed E-state index contributed by atoms with van der Waals surface area (Å²) in [6.45, 7) is 2.74. The molecule has 2 aliphatic carbocycles. The smallest absolute Gasteiger partial charge is 0.255 e. The molecule has 2 aromatic rings. The number of hydrogen-bond donors (Lipinski definition) is 1. The molecule has 3 aliphatic rings. The van der Waals surface area contributed by atoms with Crippen LogP contribution in [-0.2, 0) is 14.7 Å². The number of amides is 1. The maximum absolute atomic E-state index is 13.9. The van der Waals surface area contributed by atoms with Crippen LogP contribution in [0.5, 0.6) is 0 Å². The van der Waals surface area contributed by atoms with Crippen molar-refractivity contribution in [1.82, 2.24) is 5.06 Å². The van der Waals surface area contributed by atoms with Gasteiger partial charge in [0.1, 0.15) is 0 Å². The molecule has 4 unspecified atom stereocenters. The van der Waals surface area contributed by atoms with E-state index in [4.69, 9.17) is 16.4 Å². The minimum atomic E-state index is -3.90. The molecule has 1 heterocycles. The van der Waals surface area contributed by atoms with Crippen LogP contribution < -0.4 is 5.32 Å². The van der Waals surface area contributed by atoms with Crippen molar-refractivity contribution in [3.05, 3.63) is 58.4 Å². The predicted molar refractivity (Wildman–Crippen MR) is 128 cm³/mol. The SMILES string of the molecule is CC1CON(C)C12CC1CC[C@@H](C2)C1S(=O)(=O)c1cc(C(=O)Nc2cc(F)c(F)c(F)c2)ccc1Cl. The Kier molecular flexibility index (Phi) is 6.38. The fourth-order valence-electron chi connectivity index (χ4n) is 6.39. The molecule has 1 saturated heterocycles. The van der Waals surface area contributed by atoms with E-state index in [0.717, 1.165) is 12.8 Å². The lowest BCUT2D eigenvalue weighted by atomic mass is 9.69. The quantitative estimate of drug-likeness (QED) is 0.536. The number of carbonyl (C=O) groups excluding carboxylic acids is 1. The van der Waals surface area contributed by atoms with Gasteiger partial charge in [-0.2, -0.15) is 5.06 Å². The van der Waals surface area contributed by atoms with E-state index in [1.807, 2.05) is 12.1 Å². The third-order valence-corrected chi connectivity index (χ3v) is 11.1. The van der Waals surface area contributed by atoms with Crippen LogP contribution in [0.2, 0.25) is 5.02 Å². The van der Waals surface area contributed by atoms with Gasteiger partial charge in [-0.3, -0.25) is 9.63 Å². The Morgan fingerprint density at radius 3 is 2.28 bits per heavy atom. The summed E-state index contributed by atoms with van der Waals surface area (Å²) in [5.74, 6) is -5.23. The summed E-state index contributed by atoms with van der Waals surface area (Å²) in [6, 6.07) is 5.13. The van der Waals surface area contributed by atoms with E-state index in [1.165, 1.54) is 18.2 Å². The second-order valence-electron chi connectivity index (χ2n) is 10.2. The maximum atomic E-state index is 13.9. The van der Waals surface area contributed by atoms with Crippen molar-refractivity contribution < 1.29 is 31.2 Å². The highest BCUT2D eigenvalue weighted by Crippen LogP contribution is 2.56. The van der Waals surface area contributed by atoms with Gasteiger partial charge in [-0.1, -0.05) is 18.5 Å². The van der Waals surface area contributed by atoms with Crippen LogP contribution in [-0.4, -0.2) is 43.8 Å². The van der Waals surface area contributed by atoms with Gasteiger partial charge in [0, 0.05) is 36.3 Å². The molecule has 1 N–H and O–H groups in total. The minimum absolute atomic E-state index is 0.000191. The molecule has 0 radical (unpaired) electrons. The Labute approximate surface area is 212 Å². The van der Waals surface area contributed by atoms with Gasteiger partial charge in [0.15, 0.2) is 27.3 Å². The Bertz CT molecular complexity index is 1290. The molecule has 2 saturated carbocycles. The molecule has 1 amide bonds. The summed E-state index contributed by atoms with van der Waals surface area (Å²) in [4.78, 5) is 18.4. The van der Waals surface area contributed by atoms with Crippen molar-refractivity contribution >= 4 is 33.0 Å². The van der Waals surface area contributed by atoms with Gasteiger partial charge < -0.3 is 5.32 Å². The van der Waals surface area contributed by atoms with Gasteiger partial charge in [-0.15, -0.1) is 0 Å². The number of benzene rings is 2. The van der Waals surface area contributed by atoms with Crippen molar-refractivity contribution in [2.45, 2.75) is 48.3 Å². The van der Waals surface area contributed by atoms with Crippen LogP contribution in [0.25, 0.3) is 0 Å². The van der Waals surface area contributed by atoms with Gasteiger partial charge >= 0.3 is 0 Å². The van der Waals surface area contributed by atoms with Crippen LogP contribution in [0.1, 0.15) is 43.0 Å². The van der Waals surface area contributed by atoms with Crippen LogP contribution in [0, 0.1) is 35.2 Å². The van der Waals surface area contributed by atoms with Gasteiger partial charge in [-0.25, -0.2) is 21.6 Å². The van der Waals surface area contributed by atoms with Crippen molar-refractivity contribution in [2.75, 3.05) is 19.0 Å². The van der Waals surface area contributed by atoms with Crippen molar-refractivity contribution in [3.63, 3.8) is 0 Å². The molecule has 194 valence electrons. The summed E-state index contributed by atoms with van der Waals surface area (Å²) in [7, 11) is -1.99. The molecule has 2 bridgehead atoms. The molecule has 6 nitrogen and oxygen atoms in total. The van der Waals surface area contributed by atoms with E-state index in [9.17, 15) is 26.4 Å². The van der Waals surface area contributed by atoms with E-state index in [0.29, 0.717) is 31.6 Å². The molecule has 2 aromatic carbocycles. The summed E-state index contributed by atoms with van der Waals surface area (Å²) < 4.78 is 68.1. The Balaban J connectivity index is 1.43. The van der Waals surface area contributed by atoms with Gasteiger partial charge in [0.25, 0.3) is 5.91 Å². The predicted octanol–water partition coefficient (Wildman–Crippen LogP) is 5.22. The van der Waals surface area contributed by atoms with E-state index in [2.05, 4.69) is 12.2 Å². The first-order valence-electron chi connectivity index (χ1n) is 11.8. The fourth-order valence-corrected chi connectivity index (χ4v) is 9.24. The number of nitrogens with zero attached hydrogens (tertiary/aromatic N) is 1. The molecule has 36 heavy (non-hydrogen) atoms. The van der Waals surface area contributed by atoms with Crippen molar-refractivity contribution in [2.24, 2.45) is 17.8 Å². The number of carbonyl (C=O) groups is 1. The zero-order chi connectivity index (χ0) is 26.0. The van der Waals surface area contributed by atoms with E-state index < -0.39 is 38.4 Å². The third-order valence-electron chi connectivity index (χ3n) is 8.23. The summed E-state index contributed by atoms with van der Waals surface area (Å²) in [5, 5.41) is 3.56. The summed E-state index contributed by atoms with van der Waals surface area (Å²) in [5.41, 5.74) is -0.549. The van der Waals surface area contributed by atoms with Crippen molar-refractivity contribution in [3.8, 4) is 0 Å². The van der Waals surface area contributed by atoms with Crippen LogP contribution in [0.3, 0.4) is 0 Å². The number of hydroxylamine groups is 2. The molecule has 5 rings (SSSR count). The molecular formula is C25H26ClF3N2O4S. The average molecular weight is 543 g/mol. The highest BCUT2D eigenvalue weighted by Gasteiger charge is 2.59. The van der Waals surface area contributed by atoms with Gasteiger partial charge in [0.05, 0.1) is 27.3 Å². The lowest BCUT2D eigenvalue weighted by Crippen LogP contribution is -2.54. The monoisotopic (exact) mass is 542 g/mol. The van der Waals surface area contributed by atoms with Crippen molar-refractivity contribution in [1.29, 1.82) is 0 Å². The van der Waals surface area contributed by atoms with Gasteiger partial charge in [-0.05, 0) is 55.7 Å². The summed E-state index contributed by atoms with van der Waals surface area (Å²) >= 11 is 6.33. The molecule has 11 heteroatoms. The number of rotatable bonds is 4. The Morgan fingerprint density at radius 1 is 1.11 bits per heavy atom. The number of sulfone groups is 1. The number of halogens is 4. The first-order chi connectivity index (χ1) is 16.9. The molecule has 5 atom stereocenters. The average Bonchev–Trinajstić information content (AvgIpc) is 3.25. The van der Waals surface area contributed by atoms with E-state index >= 15 is 0 Å². The second kappa shape index (κ2) is 9.01. The lowest BCUT2D eigenvalue weighted by molar-refractivity contribution is -0.157. The molecule has 1 aliphatic heterocycles. The number of anilines is 1. The number of nitrogens with one attached hydrogen (secondary N) is 1.